The number of allylic oxidation sites excluding steroid dienone is 6. The van der Waals surface area contributed by atoms with Crippen molar-refractivity contribution in [1.82, 2.24) is 0 Å². The van der Waals surface area contributed by atoms with Crippen LogP contribution in [-0.2, 0) is 0 Å². The van der Waals surface area contributed by atoms with Crippen LogP contribution in [0, 0.1) is 0 Å². The first-order valence-electron chi connectivity index (χ1n) is 4.07. The Hall–Kier alpha value is -1.44. The highest BCUT2D eigenvalue weighted by Crippen LogP contribution is 2.16. The minimum absolute atomic E-state index is 0. The quantitative estimate of drug-likeness (QED) is 0.579. The third kappa shape index (κ3) is 5.25. The highest BCUT2D eigenvalue weighted by molar-refractivity contribution is 5.45. The molecule has 78 valence electrons. The molecule has 0 saturated carbocycles. The normalized spacial score (nSPS) is 9.29. The molecule has 0 unspecified atom stereocenters. The predicted molar refractivity (Wildman–Crippen MR) is 59.6 cm³/mol. The summed E-state index contributed by atoms with van der Waals surface area (Å²) in [4.78, 5) is 0. The van der Waals surface area contributed by atoms with Crippen molar-refractivity contribution in [2.24, 2.45) is 0 Å². The van der Waals surface area contributed by atoms with E-state index in [-0.39, 0.29) is 10.3 Å². The van der Waals surface area contributed by atoms with Gasteiger partial charge >= 0.3 is 0 Å². The maximum absolute atomic E-state index is 12.5. The highest BCUT2D eigenvalue weighted by Gasteiger charge is 1.99. The third-order valence-corrected chi connectivity index (χ3v) is 1.69. The minimum Gasteiger partial charge on any atom is -0.269 e. The summed E-state index contributed by atoms with van der Waals surface area (Å²) in [5, 5.41) is 0. The molecule has 0 nitrogen and oxygen atoms in total. The van der Waals surface area contributed by atoms with Crippen molar-refractivity contribution < 1.29 is 9.09 Å². The summed E-state index contributed by atoms with van der Waals surface area (Å²) in [5.41, 5.74) is 1.74. The van der Waals surface area contributed by atoms with Crippen LogP contribution in [-0.4, -0.2) is 0 Å². The zero-order valence-corrected chi connectivity index (χ0v) is 8.48. The summed E-state index contributed by atoms with van der Waals surface area (Å²) < 4.78 is 12.5. The summed E-state index contributed by atoms with van der Waals surface area (Å²) in [5.74, 6) is -0.545. The maximum Gasteiger partial charge on any atom is 0.123 e. The summed E-state index contributed by atoms with van der Waals surface area (Å²) >= 11 is 0. The van der Waals surface area contributed by atoms with Gasteiger partial charge in [0.2, 0.25) is 0 Å². The van der Waals surface area contributed by atoms with Gasteiger partial charge in [-0.05, 0) is 12.0 Å². The van der Waals surface area contributed by atoms with Gasteiger partial charge in [0.25, 0.3) is 0 Å². The lowest BCUT2D eigenvalue weighted by atomic mass is 10.1. The van der Waals surface area contributed by atoms with Crippen molar-refractivity contribution in [2.45, 2.75) is 13.3 Å². The van der Waals surface area contributed by atoms with E-state index in [1.165, 1.54) is 0 Å². The molecule has 2 heteroatoms. The van der Waals surface area contributed by atoms with Gasteiger partial charge in [-0.2, -0.15) is 0 Å². The first kappa shape index (κ1) is 15.1. The Kier molecular flexibility index (Phi) is 7.54. The van der Waals surface area contributed by atoms with Crippen LogP contribution >= 0.6 is 0 Å². The van der Waals surface area contributed by atoms with Crippen LogP contribution in [0.3, 0.4) is 0 Å². The van der Waals surface area contributed by atoms with Gasteiger partial charge in [-0.15, -0.1) is 0 Å². The molecule has 0 amide bonds. The molecule has 0 rings (SSSR count). The van der Waals surface area contributed by atoms with Gasteiger partial charge in [0.15, 0.2) is 0 Å². The Bertz CT molecular complexity index is 283. The largest absolute Gasteiger partial charge is 0.269 e. The van der Waals surface area contributed by atoms with Crippen molar-refractivity contribution >= 4 is 0 Å². The van der Waals surface area contributed by atoms with Crippen molar-refractivity contribution in [3.8, 4) is 0 Å². The fourth-order valence-corrected chi connectivity index (χ4v) is 0.611. The molecule has 0 heterocycles. The molecule has 0 saturated heterocycles. The van der Waals surface area contributed by atoms with Crippen LogP contribution in [0.15, 0.2) is 61.0 Å². The molecule has 0 fully saturated rings. The Labute approximate surface area is 84.2 Å². The highest BCUT2D eigenvalue weighted by atomic mass is 19.1. The molecule has 0 radical (unpaired) electrons. The Balaban J connectivity index is 0. The second-order valence-corrected chi connectivity index (χ2v) is 2.75. The van der Waals surface area contributed by atoms with E-state index >= 15 is 0 Å². The number of hydrogen-bond acceptors (Lipinski definition) is 0. The van der Waals surface area contributed by atoms with E-state index in [0.717, 1.165) is 12.0 Å². The summed E-state index contributed by atoms with van der Waals surface area (Å²) in [6.45, 7) is 16.1. The predicted octanol–water partition coefficient (Wildman–Crippen LogP) is 4.26. The Morgan fingerprint density at radius 3 is 2.00 bits per heavy atom. The molecular weight excluding hydrogens is 182 g/mol. The molecule has 0 aliphatic rings. The summed E-state index contributed by atoms with van der Waals surface area (Å²) in [6, 6.07) is 0. The lowest BCUT2D eigenvalue weighted by molar-refractivity contribution is 0.660. The van der Waals surface area contributed by atoms with Crippen LogP contribution in [0.2, 0.25) is 0 Å². The zero-order chi connectivity index (χ0) is 10.4. The van der Waals surface area contributed by atoms with E-state index in [2.05, 4.69) is 26.3 Å². The molecule has 0 aromatic heterocycles. The fourth-order valence-electron chi connectivity index (χ4n) is 0.611. The van der Waals surface area contributed by atoms with Gasteiger partial charge in [-0.3, -0.25) is 4.70 Å². The Morgan fingerprint density at radius 1 is 1.14 bits per heavy atom. The van der Waals surface area contributed by atoms with Crippen LogP contribution in [0.5, 0.6) is 0 Å². The van der Waals surface area contributed by atoms with E-state index in [0.29, 0.717) is 5.57 Å². The summed E-state index contributed by atoms with van der Waals surface area (Å²) in [6.07, 6.45) is 4.36. The number of rotatable bonds is 5. The third-order valence-electron chi connectivity index (χ3n) is 1.69. The summed E-state index contributed by atoms with van der Waals surface area (Å²) in [7, 11) is 0. The molecule has 0 atom stereocenters. The van der Waals surface area contributed by atoms with Crippen molar-refractivity contribution in [2.75, 3.05) is 0 Å². The van der Waals surface area contributed by atoms with E-state index in [1.54, 1.807) is 12.2 Å². The van der Waals surface area contributed by atoms with Gasteiger partial charge in [0.1, 0.15) is 5.83 Å². The average Bonchev–Trinajstić information content (AvgIpc) is 2.11. The lowest BCUT2D eigenvalue weighted by Crippen LogP contribution is -1.82. The lowest BCUT2D eigenvalue weighted by Gasteiger charge is -2.00. The van der Waals surface area contributed by atoms with Crippen LogP contribution < -0.4 is 0 Å². The van der Waals surface area contributed by atoms with Gasteiger partial charge in [-0.25, -0.2) is 4.39 Å². The molecule has 0 aromatic carbocycles. The standard InChI is InChI=1S/C12H15F.FH/c1-6-9(2)7-8-10(3)11(4)12(5)13;/h7-8H,2-6H2,1H3;1H/b8-7-;. The van der Waals surface area contributed by atoms with E-state index in [9.17, 15) is 4.39 Å². The van der Waals surface area contributed by atoms with Gasteiger partial charge in [0, 0.05) is 5.57 Å². The molecule has 0 bridgehead atoms. The van der Waals surface area contributed by atoms with Crippen LogP contribution in [0.1, 0.15) is 13.3 Å². The molecular formula is C12H16F2. The van der Waals surface area contributed by atoms with Crippen molar-refractivity contribution in [3.05, 3.63) is 61.0 Å². The van der Waals surface area contributed by atoms with Crippen LogP contribution in [0.25, 0.3) is 0 Å². The Morgan fingerprint density at radius 2 is 1.64 bits per heavy atom. The molecule has 14 heavy (non-hydrogen) atoms. The zero-order valence-electron chi connectivity index (χ0n) is 8.48. The molecule has 0 N–H and O–H groups in total. The molecule has 0 aliphatic carbocycles. The molecule has 0 aliphatic heterocycles. The minimum atomic E-state index is -0.545. The van der Waals surface area contributed by atoms with E-state index in [1.807, 2.05) is 6.92 Å². The average molecular weight is 198 g/mol. The SMILES string of the molecule is C=C(/C=C\C(=C)C(=C)C(=C)F)CC.F. The topological polar surface area (TPSA) is 0 Å². The molecule has 0 spiro atoms. The fraction of sp³-hybridized carbons (Fsp3) is 0.167. The smallest absolute Gasteiger partial charge is 0.123 e. The number of halogens is 2. The number of hydrogen-bond donors (Lipinski definition) is 0. The van der Waals surface area contributed by atoms with Gasteiger partial charge in [-0.1, -0.05) is 51.0 Å². The second kappa shape index (κ2) is 7.01. The van der Waals surface area contributed by atoms with Crippen molar-refractivity contribution in [1.29, 1.82) is 0 Å². The van der Waals surface area contributed by atoms with E-state index in [4.69, 9.17) is 0 Å². The molecule has 0 aromatic rings. The van der Waals surface area contributed by atoms with Crippen LogP contribution in [0.4, 0.5) is 9.09 Å². The monoisotopic (exact) mass is 198 g/mol. The van der Waals surface area contributed by atoms with Gasteiger partial charge < -0.3 is 0 Å². The first-order valence-corrected chi connectivity index (χ1v) is 4.07. The van der Waals surface area contributed by atoms with E-state index < -0.39 is 5.83 Å². The van der Waals surface area contributed by atoms with Crippen molar-refractivity contribution in [3.63, 3.8) is 0 Å². The first-order chi connectivity index (χ1) is 5.99. The maximum atomic E-state index is 12.5. The van der Waals surface area contributed by atoms with Gasteiger partial charge in [0.05, 0.1) is 0 Å². The second-order valence-electron chi connectivity index (χ2n) is 2.75.